The molecule has 1 aliphatic rings. The minimum Gasteiger partial charge on any atom is -0.459 e. The van der Waals surface area contributed by atoms with Crippen molar-refractivity contribution in [3.05, 3.63) is 0 Å². The highest BCUT2D eigenvalue weighted by Crippen LogP contribution is 2.25. The third-order valence-electron chi connectivity index (χ3n) is 3.36. The molecule has 0 saturated heterocycles. The molecular weight excluding hydrogens is 278 g/mol. The van der Waals surface area contributed by atoms with Crippen LogP contribution in [0.25, 0.3) is 0 Å². The van der Waals surface area contributed by atoms with E-state index in [-0.39, 0.29) is 11.2 Å². The normalized spacial score (nSPS) is 19.3. The van der Waals surface area contributed by atoms with E-state index >= 15 is 0 Å². The molecular formula is C14H27NO4S. The smallest absolute Gasteiger partial charge is 0.324 e. The number of nitrogens with one attached hydrogen (secondary N) is 1. The zero-order valence-electron chi connectivity index (χ0n) is 13.1. The summed E-state index contributed by atoms with van der Waals surface area (Å²) in [5.74, 6) is -0.657. The molecule has 6 heteroatoms. The summed E-state index contributed by atoms with van der Waals surface area (Å²) in [6, 6.07) is -0.820. The fourth-order valence-corrected chi connectivity index (χ4v) is 4.16. The Bertz CT molecular complexity index is 431. The monoisotopic (exact) mass is 305 g/mol. The summed E-state index contributed by atoms with van der Waals surface area (Å²) in [5.41, 5.74) is -0.622. The first-order valence-electron chi connectivity index (χ1n) is 7.27. The molecule has 0 aliphatic heterocycles. The third-order valence-corrected chi connectivity index (χ3v) is 5.29. The molecule has 1 aliphatic carbocycles. The summed E-state index contributed by atoms with van der Waals surface area (Å²) >= 11 is 0. The molecule has 0 unspecified atom stereocenters. The van der Waals surface area contributed by atoms with Gasteiger partial charge in [0.15, 0.2) is 0 Å². The van der Waals surface area contributed by atoms with Crippen LogP contribution >= 0.6 is 0 Å². The maximum atomic E-state index is 12.3. The van der Waals surface area contributed by atoms with E-state index in [4.69, 9.17) is 4.74 Å². The van der Waals surface area contributed by atoms with E-state index in [0.717, 1.165) is 12.8 Å². The molecule has 1 N–H and O–H groups in total. The number of hydrogen-bond donors (Lipinski definition) is 1. The Morgan fingerprint density at radius 3 is 2.10 bits per heavy atom. The number of hydrogen-bond acceptors (Lipinski definition) is 4. The van der Waals surface area contributed by atoms with Crippen LogP contribution in [-0.2, 0) is 19.6 Å². The number of rotatable bonds is 5. The molecule has 0 spiro atoms. The lowest BCUT2D eigenvalue weighted by Crippen LogP contribution is -2.49. The molecule has 118 valence electrons. The van der Waals surface area contributed by atoms with Crippen molar-refractivity contribution in [3.8, 4) is 0 Å². The van der Waals surface area contributed by atoms with E-state index < -0.39 is 27.6 Å². The summed E-state index contributed by atoms with van der Waals surface area (Å²) in [6.07, 6.45) is 3.22. The van der Waals surface area contributed by atoms with Gasteiger partial charge in [-0.05, 0) is 39.5 Å². The summed E-state index contributed by atoms with van der Waals surface area (Å²) in [6.45, 7) is 8.94. The van der Waals surface area contributed by atoms with Crippen molar-refractivity contribution >= 4 is 16.0 Å². The second-order valence-corrected chi connectivity index (χ2v) is 8.82. The molecule has 0 aromatic rings. The van der Waals surface area contributed by atoms with Gasteiger partial charge in [0.05, 0.1) is 5.25 Å². The van der Waals surface area contributed by atoms with E-state index in [9.17, 15) is 13.2 Å². The highest BCUT2D eigenvalue weighted by molar-refractivity contribution is 7.90. The summed E-state index contributed by atoms with van der Waals surface area (Å²) < 4.78 is 32.5. The molecule has 0 heterocycles. The van der Waals surface area contributed by atoms with Crippen LogP contribution in [0.3, 0.4) is 0 Å². The van der Waals surface area contributed by atoms with Crippen molar-refractivity contribution in [1.82, 2.24) is 4.72 Å². The average Bonchev–Trinajstić information content (AvgIpc) is 2.76. The first-order valence-corrected chi connectivity index (χ1v) is 8.81. The Hall–Kier alpha value is -0.620. The van der Waals surface area contributed by atoms with Gasteiger partial charge in [-0.3, -0.25) is 4.79 Å². The van der Waals surface area contributed by atoms with E-state index in [1.165, 1.54) is 0 Å². The second-order valence-electron chi connectivity index (χ2n) is 6.82. The van der Waals surface area contributed by atoms with E-state index in [1.54, 1.807) is 20.8 Å². The molecule has 0 aromatic heterocycles. The third kappa shape index (κ3) is 5.05. The maximum Gasteiger partial charge on any atom is 0.324 e. The van der Waals surface area contributed by atoms with Crippen LogP contribution in [-0.4, -0.2) is 31.3 Å². The minimum atomic E-state index is -3.46. The van der Waals surface area contributed by atoms with Gasteiger partial charge in [0.1, 0.15) is 11.6 Å². The van der Waals surface area contributed by atoms with Crippen LogP contribution in [0.5, 0.6) is 0 Å². The van der Waals surface area contributed by atoms with Crippen molar-refractivity contribution in [2.45, 2.75) is 77.2 Å². The first-order chi connectivity index (χ1) is 9.03. The van der Waals surface area contributed by atoms with Gasteiger partial charge < -0.3 is 4.74 Å². The predicted molar refractivity (Wildman–Crippen MR) is 78.8 cm³/mol. The molecule has 0 amide bonds. The Morgan fingerprint density at radius 2 is 1.70 bits per heavy atom. The molecule has 5 nitrogen and oxygen atoms in total. The van der Waals surface area contributed by atoms with Crippen LogP contribution in [0.2, 0.25) is 0 Å². The molecule has 1 fully saturated rings. The molecule has 1 rings (SSSR count). The lowest BCUT2D eigenvalue weighted by Gasteiger charge is -2.27. The van der Waals surface area contributed by atoms with E-state index in [1.807, 2.05) is 13.8 Å². The number of ether oxygens (including phenoxy) is 1. The zero-order valence-corrected chi connectivity index (χ0v) is 13.9. The molecule has 0 aromatic carbocycles. The van der Waals surface area contributed by atoms with E-state index in [2.05, 4.69) is 4.72 Å². The SMILES string of the molecule is CC(C)[C@@H](NS(=O)(=O)C1CCCC1)C(=O)OC(C)(C)C. The van der Waals surface area contributed by atoms with Crippen molar-refractivity contribution in [3.63, 3.8) is 0 Å². The Kier molecular flexibility index (Phi) is 5.61. The van der Waals surface area contributed by atoms with Gasteiger partial charge in [0, 0.05) is 0 Å². The standard InChI is InChI=1S/C14H27NO4S/c1-10(2)12(13(16)19-14(3,4)5)15-20(17,18)11-8-6-7-9-11/h10-12,15H,6-9H2,1-5H3/t12-/m1/s1. The second kappa shape index (κ2) is 6.43. The van der Waals surface area contributed by atoms with Gasteiger partial charge in [0.25, 0.3) is 0 Å². The van der Waals surface area contributed by atoms with Crippen molar-refractivity contribution in [1.29, 1.82) is 0 Å². The molecule has 1 atom stereocenters. The van der Waals surface area contributed by atoms with Crippen LogP contribution < -0.4 is 4.72 Å². The number of esters is 1. The van der Waals surface area contributed by atoms with E-state index in [0.29, 0.717) is 12.8 Å². The molecule has 20 heavy (non-hydrogen) atoms. The zero-order chi connectivity index (χ0) is 15.6. The molecule has 0 bridgehead atoms. The number of sulfonamides is 1. The highest BCUT2D eigenvalue weighted by Gasteiger charge is 2.36. The number of carbonyl (C=O) groups is 1. The first kappa shape index (κ1) is 17.4. The van der Waals surface area contributed by atoms with Gasteiger partial charge in [-0.1, -0.05) is 26.7 Å². The Balaban J connectivity index is 2.79. The number of carbonyl (C=O) groups excluding carboxylic acids is 1. The minimum absolute atomic E-state index is 0.152. The maximum absolute atomic E-state index is 12.3. The van der Waals surface area contributed by atoms with Gasteiger partial charge in [-0.25, -0.2) is 13.1 Å². The topological polar surface area (TPSA) is 72.5 Å². The summed E-state index contributed by atoms with van der Waals surface area (Å²) in [5, 5.41) is -0.369. The summed E-state index contributed by atoms with van der Waals surface area (Å²) in [7, 11) is -3.46. The van der Waals surface area contributed by atoms with Gasteiger partial charge in [0.2, 0.25) is 10.0 Å². The quantitative estimate of drug-likeness (QED) is 0.790. The van der Waals surface area contributed by atoms with Crippen LogP contribution in [0.15, 0.2) is 0 Å². The Labute approximate surface area is 122 Å². The highest BCUT2D eigenvalue weighted by atomic mass is 32.2. The average molecular weight is 305 g/mol. The molecule has 0 radical (unpaired) electrons. The van der Waals surface area contributed by atoms with Crippen LogP contribution in [0.4, 0.5) is 0 Å². The fraction of sp³-hybridized carbons (Fsp3) is 0.929. The largest absolute Gasteiger partial charge is 0.459 e. The predicted octanol–water partition coefficient (Wildman–Crippen LogP) is 2.21. The van der Waals surface area contributed by atoms with Crippen molar-refractivity contribution in [2.24, 2.45) is 5.92 Å². The van der Waals surface area contributed by atoms with Crippen molar-refractivity contribution < 1.29 is 17.9 Å². The van der Waals surface area contributed by atoms with Gasteiger partial charge >= 0.3 is 5.97 Å². The van der Waals surface area contributed by atoms with Gasteiger partial charge in [-0.15, -0.1) is 0 Å². The summed E-state index contributed by atoms with van der Waals surface area (Å²) in [4.78, 5) is 12.1. The Morgan fingerprint density at radius 1 is 1.20 bits per heavy atom. The molecule has 1 saturated carbocycles. The fourth-order valence-electron chi connectivity index (χ4n) is 2.29. The lowest BCUT2D eigenvalue weighted by atomic mass is 10.1. The van der Waals surface area contributed by atoms with Crippen molar-refractivity contribution in [2.75, 3.05) is 0 Å². The van der Waals surface area contributed by atoms with Gasteiger partial charge in [-0.2, -0.15) is 0 Å². The van der Waals surface area contributed by atoms with Crippen LogP contribution in [0.1, 0.15) is 60.3 Å². The lowest BCUT2D eigenvalue weighted by molar-refractivity contribution is -0.158. The van der Waals surface area contributed by atoms with Crippen LogP contribution in [0, 0.1) is 5.92 Å².